The molecule has 2 heterocycles. The lowest BCUT2D eigenvalue weighted by molar-refractivity contribution is 0.0692. The summed E-state index contributed by atoms with van der Waals surface area (Å²) < 4.78 is 16.3. The van der Waals surface area contributed by atoms with Crippen LogP contribution in [0.15, 0.2) is 51.7 Å². The Hall–Kier alpha value is -3.48. The van der Waals surface area contributed by atoms with Crippen LogP contribution in [0.5, 0.6) is 11.5 Å². The van der Waals surface area contributed by atoms with Gasteiger partial charge in [-0.05, 0) is 35.9 Å². The number of nitrogens with zero attached hydrogens (tertiary/aromatic N) is 1. The molecule has 7 nitrogen and oxygen atoms in total. The third-order valence-electron chi connectivity index (χ3n) is 4.42. The highest BCUT2D eigenvalue weighted by atomic mass is 16.6. The van der Waals surface area contributed by atoms with E-state index in [-0.39, 0.29) is 5.56 Å². The Labute approximate surface area is 154 Å². The molecular formula is C20H17NO6. The quantitative estimate of drug-likeness (QED) is 0.709. The molecule has 1 aromatic heterocycles. The lowest BCUT2D eigenvalue weighted by Gasteiger charge is -2.22. The molecule has 7 heteroatoms. The monoisotopic (exact) mass is 367 g/mol. The second kappa shape index (κ2) is 6.68. The van der Waals surface area contributed by atoms with Crippen LogP contribution in [0.4, 0.5) is 5.69 Å². The molecule has 4 rings (SSSR count). The fraction of sp³-hybridized carbons (Fsp3) is 0.200. The van der Waals surface area contributed by atoms with Crippen molar-refractivity contribution in [2.75, 3.05) is 25.2 Å². The normalized spacial score (nSPS) is 12.8. The molecule has 0 radical (unpaired) electrons. The Morgan fingerprint density at radius 2 is 1.85 bits per heavy atom. The zero-order valence-corrected chi connectivity index (χ0v) is 14.6. The molecule has 1 aliphatic heterocycles. The Morgan fingerprint density at radius 3 is 2.63 bits per heavy atom. The molecule has 0 saturated carbocycles. The maximum absolute atomic E-state index is 11.8. The van der Waals surface area contributed by atoms with Gasteiger partial charge in [0.05, 0.1) is 0 Å². The van der Waals surface area contributed by atoms with Crippen LogP contribution in [0, 0.1) is 0 Å². The summed E-state index contributed by atoms with van der Waals surface area (Å²) in [6.07, 6.45) is 0. The highest BCUT2D eigenvalue weighted by Crippen LogP contribution is 2.31. The number of anilines is 1. The predicted molar refractivity (Wildman–Crippen MR) is 99.0 cm³/mol. The molecule has 0 aliphatic carbocycles. The summed E-state index contributed by atoms with van der Waals surface area (Å²) in [6, 6.07) is 12.5. The molecule has 0 fully saturated rings. The van der Waals surface area contributed by atoms with E-state index in [9.17, 15) is 9.59 Å². The van der Waals surface area contributed by atoms with E-state index in [1.807, 2.05) is 36.2 Å². The van der Waals surface area contributed by atoms with Crippen LogP contribution in [-0.2, 0) is 6.54 Å². The average Bonchev–Trinajstić information content (AvgIpc) is 2.66. The van der Waals surface area contributed by atoms with E-state index in [1.54, 1.807) is 12.1 Å². The SMILES string of the molecule is CN(Cc1ccc2c(c1)OCCO2)c1ccc2cc(C(=O)O)c(=O)oc2c1. The van der Waals surface area contributed by atoms with Crippen molar-refractivity contribution in [1.29, 1.82) is 0 Å². The number of hydrogen-bond donors (Lipinski definition) is 1. The number of carbonyl (C=O) groups is 1. The van der Waals surface area contributed by atoms with Gasteiger partial charge in [-0.2, -0.15) is 0 Å². The summed E-state index contributed by atoms with van der Waals surface area (Å²) in [5, 5.41) is 9.59. The highest BCUT2D eigenvalue weighted by Gasteiger charge is 2.15. The zero-order chi connectivity index (χ0) is 19.0. The summed E-state index contributed by atoms with van der Waals surface area (Å²) in [4.78, 5) is 24.9. The van der Waals surface area contributed by atoms with E-state index in [4.69, 9.17) is 19.0 Å². The number of rotatable bonds is 4. The molecule has 1 aliphatic rings. The fourth-order valence-electron chi connectivity index (χ4n) is 3.04. The maximum Gasteiger partial charge on any atom is 0.351 e. The van der Waals surface area contributed by atoms with Crippen LogP contribution >= 0.6 is 0 Å². The number of ether oxygens (including phenoxy) is 2. The molecule has 2 aromatic carbocycles. The third kappa shape index (κ3) is 3.31. The highest BCUT2D eigenvalue weighted by molar-refractivity contribution is 5.92. The smallest absolute Gasteiger partial charge is 0.351 e. The van der Waals surface area contributed by atoms with E-state index in [0.717, 1.165) is 22.7 Å². The third-order valence-corrected chi connectivity index (χ3v) is 4.42. The summed E-state index contributed by atoms with van der Waals surface area (Å²) in [5.74, 6) is 0.178. The minimum absolute atomic E-state index is 0.344. The summed E-state index contributed by atoms with van der Waals surface area (Å²) >= 11 is 0. The Kier molecular flexibility index (Phi) is 4.19. The van der Waals surface area contributed by atoms with Crippen molar-refractivity contribution >= 4 is 22.6 Å². The van der Waals surface area contributed by atoms with Crippen molar-refractivity contribution in [2.45, 2.75) is 6.54 Å². The van der Waals surface area contributed by atoms with Gasteiger partial charge in [0.25, 0.3) is 0 Å². The Balaban J connectivity index is 1.61. The predicted octanol–water partition coefficient (Wildman–Crippen LogP) is 2.90. The molecule has 3 aromatic rings. The van der Waals surface area contributed by atoms with Gasteiger partial charge < -0.3 is 23.9 Å². The molecule has 0 amide bonds. The number of benzene rings is 2. The standard InChI is InChI=1S/C20H17NO6/c1-21(11-12-2-5-16-18(8-12)26-7-6-25-16)14-4-3-13-9-15(19(22)23)20(24)27-17(13)10-14/h2-5,8-10H,6-7,11H2,1H3,(H,22,23). The van der Waals surface area contributed by atoms with Crippen molar-refractivity contribution < 1.29 is 23.8 Å². The summed E-state index contributed by atoms with van der Waals surface area (Å²) in [7, 11) is 1.92. The van der Waals surface area contributed by atoms with Gasteiger partial charge in [0.15, 0.2) is 11.5 Å². The maximum atomic E-state index is 11.8. The van der Waals surface area contributed by atoms with Crippen LogP contribution in [-0.4, -0.2) is 31.3 Å². The minimum atomic E-state index is -1.30. The van der Waals surface area contributed by atoms with Gasteiger partial charge in [-0.1, -0.05) is 6.07 Å². The van der Waals surface area contributed by atoms with Crippen molar-refractivity contribution in [3.63, 3.8) is 0 Å². The van der Waals surface area contributed by atoms with E-state index < -0.39 is 11.6 Å². The van der Waals surface area contributed by atoms with Gasteiger partial charge in [0, 0.05) is 30.7 Å². The van der Waals surface area contributed by atoms with Gasteiger partial charge in [0.1, 0.15) is 24.4 Å². The lowest BCUT2D eigenvalue weighted by atomic mass is 10.1. The molecule has 0 saturated heterocycles. The first kappa shape index (κ1) is 17.0. The fourth-order valence-corrected chi connectivity index (χ4v) is 3.04. The van der Waals surface area contributed by atoms with Gasteiger partial charge in [-0.25, -0.2) is 9.59 Å². The summed E-state index contributed by atoms with van der Waals surface area (Å²) in [6.45, 7) is 1.70. The second-order valence-electron chi connectivity index (χ2n) is 6.31. The topological polar surface area (TPSA) is 89.2 Å². The molecule has 1 N–H and O–H groups in total. The van der Waals surface area contributed by atoms with Gasteiger partial charge in [0.2, 0.25) is 0 Å². The van der Waals surface area contributed by atoms with Crippen LogP contribution in [0.3, 0.4) is 0 Å². The van der Waals surface area contributed by atoms with Crippen molar-refractivity contribution in [3.8, 4) is 11.5 Å². The first-order valence-corrected chi connectivity index (χ1v) is 8.42. The molecule has 0 unspecified atom stereocenters. The molecule has 0 atom stereocenters. The number of carboxylic acids is 1. The Bertz CT molecular complexity index is 1090. The average molecular weight is 367 g/mol. The number of carboxylic acid groups (broad SMARTS) is 1. The number of hydrogen-bond acceptors (Lipinski definition) is 6. The number of aromatic carboxylic acids is 1. The first-order chi connectivity index (χ1) is 13.0. The zero-order valence-electron chi connectivity index (χ0n) is 14.6. The van der Waals surface area contributed by atoms with Gasteiger partial charge >= 0.3 is 11.6 Å². The lowest BCUT2D eigenvalue weighted by Crippen LogP contribution is -2.18. The molecule has 138 valence electrons. The summed E-state index contributed by atoms with van der Waals surface area (Å²) in [5.41, 5.74) is 0.992. The van der Waals surface area contributed by atoms with Crippen LogP contribution in [0.2, 0.25) is 0 Å². The van der Waals surface area contributed by atoms with Crippen LogP contribution < -0.4 is 20.0 Å². The van der Waals surface area contributed by atoms with Crippen LogP contribution in [0.25, 0.3) is 11.0 Å². The molecule has 0 spiro atoms. The number of fused-ring (bicyclic) bond motifs is 2. The van der Waals surface area contributed by atoms with Gasteiger partial charge in [-0.3, -0.25) is 0 Å². The van der Waals surface area contributed by atoms with Crippen molar-refractivity contribution in [3.05, 3.63) is 64.0 Å². The van der Waals surface area contributed by atoms with Crippen LogP contribution in [0.1, 0.15) is 15.9 Å². The molecule has 27 heavy (non-hydrogen) atoms. The van der Waals surface area contributed by atoms with Crippen molar-refractivity contribution in [1.82, 2.24) is 0 Å². The largest absolute Gasteiger partial charge is 0.486 e. The molecular weight excluding hydrogens is 350 g/mol. The first-order valence-electron chi connectivity index (χ1n) is 8.42. The Morgan fingerprint density at radius 1 is 1.07 bits per heavy atom. The van der Waals surface area contributed by atoms with E-state index in [0.29, 0.717) is 30.7 Å². The van der Waals surface area contributed by atoms with E-state index >= 15 is 0 Å². The van der Waals surface area contributed by atoms with E-state index in [2.05, 4.69) is 0 Å². The van der Waals surface area contributed by atoms with Crippen molar-refractivity contribution in [2.24, 2.45) is 0 Å². The van der Waals surface area contributed by atoms with E-state index in [1.165, 1.54) is 6.07 Å². The minimum Gasteiger partial charge on any atom is -0.486 e. The van der Waals surface area contributed by atoms with Gasteiger partial charge in [-0.15, -0.1) is 0 Å². The molecule has 0 bridgehead atoms. The second-order valence-corrected chi connectivity index (χ2v) is 6.31.